The number of anilines is 1. The maximum absolute atomic E-state index is 11.6. The molecule has 138 valence electrons. The number of hydrogen-bond donors (Lipinski definition) is 1. The van der Waals surface area contributed by atoms with Gasteiger partial charge in [0.05, 0.1) is 19.4 Å². The van der Waals surface area contributed by atoms with Crippen molar-refractivity contribution in [3.63, 3.8) is 0 Å². The Kier molecular flexibility index (Phi) is 6.39. The molecule has 0 radical (unpaired) electrons. The van der Waals surface area contributed by atoms with Crippen LogP contribution in [0.15, 0.2) is 71.6 Å². The van der Waals surface area contributed by atoms with Crippen LogP contribution in [0.4, 0.5) is 5.69 Å². The lowest BCUT2D eigenvalue weighted by atomic mass is 10.0. The molecule has 0 fully saturated rings. The Morgan fingerprint density at radius 3 is 2.48 bits per heavy atom. The van der Waals surface area contributed by atoms with Crippen molar-refractivity contribution in [1.29, 1.82) is 0 Å². The Balaban J connectivity index is 1.82. The summed E-state index contributed by atoms with van der Waals surface area (Å²) in [5.41, 5.74) is 1.98. The van der Waals surface area contributed by atoms with Crippen LogP contribution in [0, 0.1) is 0 Å². The van der Waals surface area contributed by atoms with Crippen molar-refractivity contribution < 1.29 is 14.3 Å². The Hall–Kier alpha value is -2.92. The van der Waals surface area contributed by atoms with Crippen LogP contribution in [0.5, 0.6) is 5.75 Å². The van der Waals surface area contributed by atoms with Crippen LogP contribution >= 0.6 is 11.9 Å². The van der Waals surface area contributed by atoms with E-state index in [1.165, 1.54) is 6.08 Å². The van der Waals surface area contributed by atoms with Gasteiger partial charge < -0.3 is 14.2 Å². The molecule has 3 rings (SSSR count). The molecule has 0 aliphatic carbocycles. The molecule has 0 amide bonds. The quantitative estimate of drug-likeness (QED) is 0.332. The summed E-state index contributed by atoms with van der Waals surface area (Å²) in [6.45, 7) is 2.16. The van der Waals surface area contributed by atoms with Crippen LogP contribution in [0.25, 0.3) is 16.8 Å². The Labute approximate surface area is 163 Å². The summed E-state index contributed by atoms with van der Waals surface area (Å²) in [5, 5.41) is 2.16. The number of carbonyl (C=O) groups excluding carboxylic acids is 1. The van der Waals surface area contributed by atoms with E-state index in [4.69, 9.17) is 9.47 Å². The highest BCUT2D eigenvalue weighted by atomic mass is 32.2. The van der Waals surface area contributed by atoms with Gasteiger partial charge in [0.15, 0.2) is 0 Å². The van der Waals surface area contributed by atoms with Gasteiger partial charge in [-0.2, -0.15) is 0 Å². The van der Waals surface area contributed by atoms with Gasteiger partial charge in [0.25, 0.3) is 0 Å². The van der Waals surface area contributed by atoms with Crippen molar-refractivity contribution in [3.8, 4) is 5.75 Å². The zero-order chi connectivity index (χ0) is 19.1. The molecular weight excluding hydrogens is 358 g/mol. The Bertz CT molecular complexity index is 951. The monoisotopic (exact) mass is 379 g/mol. The fraction of sp³-hybridized carbons (Fsp3) is 0.136. The second kappa shape index (κ2) is 9.14. The minimum Gasteiger partial charge on any atom is -0.497 e. The molecule has 0 bridgehead atoms. The third-order valence-corrected chi connectivity index (χ3v) is 4.81. The second-order valence-corrected chi connectivity index (χ2v) is 6.59. The van der Waals surface area contributed by atoms with E-state index in [0.717, 1.165) is 32.7 Å². The first kappa shape index (κ1) is 18.9. The molecule has 0 atom stereocenters. The minimum absolute atomic E-state index is 0.334. The lowest BCUT2D eigenvalue weighted by Gasteiger charge is -2.11. The van der Waals surface area contributed by atoms with Crippen molar-refractivity contribution in [3.05, 3.63) is 72.3 Å². The highest BCUT2D eigenvalue weighted by molar-refractivity contribution is 8.00. The van der Waals surface area contributed by atoms with Gasteiger partial charge in [-0.05, 0) is 66.2 Å². The van der Waals surface area contributed by atoms with Crippen LogP contribution in [-0.2, 0) is 9.53 Å². The van der Waals surface area contributed by atoms with Gasteiger partial charge in [0.1, 0.15) is 5.75 Å². The van der Waals surface area contributed by atoms with E-state index in [1.807, 2.05) is 54.6 Å². The molecule has 3 aromatic carbocycles. The molecule has 0 aromatic heterocycles. The predicted molar refractivity (Wildman–Crippen MR) is 112 cm³/mol. The van der Waals surface area contributed by atoms with Crippen molar-refractivity contribution in [2.75, 3.05) is 18.4 Å². The average Bonchev–Trinajstić information content (AvgIpc) is 2.71. The number of benzene rings is 3. The molecule has 0 aliphatic rings. The van der Waals surface area contributed by atoms with Crippen LogP contribution in [0.1, 0.15) is 12.5 Å². The molecule has 1 N–H and O–H groups in total. The molecular formula is C22H21NO3S. The number of hydrogen-bond acceptors (Lipinski definition) is 5. The average molecular weight is 379 g/mol. The third kappa shape index (κ3) is 4.83. The van der Waals surface area contributed by atoms with E-state index in [-0.39, 0.29) is 5.97 Å². The van der Waals surface area contributed by atoms with Crippen LogP contribution in [-0.4, -0.2) is 19.7 Å². The summed E-state index contributed by atoms with van der Waals surface area (Å²) in [6, 6.07) is 20.0. The Morgan fingerprint density at radius 1 is 1.04 bits per heavy atom. The van der Waals surface area contributed by atoms with Gasteiger partial charge in [-0.3, -0.25) is 0 Å². The molecule has 0 aliphatic heterocycles. The first-order valence-electron chi connectivity index (χ1n) is 8.64. The van der Waals surface area contributed by atoms with Gasteiger partial charge in [-0.1, -0.05) is 30.3 Å². The lowest BCUT2D eigenvalue weighted by molar-refractivity contribution is -0.137. The lowest BCUT2D eigenvalue weighted by Crippen LogP contribution is -1.98. The zero-order valence-electron chi connectivity index (χ0n) is 15.3. The molecule has 0 heterocycles. The number of rotatable bonds is 7. The maximum Gasteiger partial charge on any atom is 0.330 e. The Morgan fingerprint density at radius 2 is 1.78 bits per heavy atom. The minimum atomic E-state index is -0.334. The number of nitrogens with one attached hydrogen (secondary N) is 1. The van der Waals surface area contributed by atoms with E-state index in [9.17, 15) is 4.79 Å². The summed E-state index contributed by atoms with van der Waals surface area (Å²) in [4.78, 5) is 12.7. The van der Waals surface area contributed by atoms with E-state index < -0.39 is 0 Å². The van der Waals surface area contributed by atoms with Gasteiger partial charge in [-0.25, -0.2) is 4.79 Å². The molecule has 0 unspecified atom stereocenters. The highest BCUT2D eigenvalue weighted by Gasteiger charge is 2.05. The molecule has 0 saturated carbocycles. The van der Waals surface area contributed by atoms with Crippen LogP contribution in [0.2, 0.25) is 0 Å². The number of esters is 1. The van der Waals surface area contributed by atoms with Gasteiger partial charge >= 0.3 is 5.97 Å². The maximum atomic E-state index is 11.6. The number of fused-ring (bicyclic) bond motifs is 1. The molecule has 0 spiro atoms. The first-order valence-corrected chi connectivity index (χ1v) is 9.46. The van der Waals surface area contributed by atoms with Crippen LogP contribution in [0.3, 0.4) is 0 Å². The summed E-state index contributed by atoms with van der Waals surface area (Å²) < 4.78 is 13.6. The largest absolute Gasteiger partial charge is 0.497 e. The summed E-state index contributed by atoms with van der Waals surface area (Å²) in [6.07, 6.45) is 3.26. The first-order chi connectivity index (χ1) is 13.2. The SMILES string of the molecule is CCOC(=O)/C=C/c1ccc(NSc2ccc(OC)cc2)c2ccccc12. The number of ether oxygens (including phenoxy) is 2. The van der Waals surface area contributed by atoms with Gasteiger partial charge in [0, 0.05) is 16.4 Å². The molecule has 5 heteroatoms. The standard InChI is InChI=1S/C22H21NO3S/c1-3-26-22(24)15-9-16-8-14-21(20-7-5-4-6-19(16)20)23-27-18-12-10-17(25-2)11-13-18/h4-15,23H,3H2,1-2H3/b15-9+. The topological polar surface area (TPSA) is 47.6 Å². The highest BCUT2D eigenvalue weighted by Crippen LogP contribution is 2.31. The second-order valence-electron chi connectivity index (χ2n) is 5.71. The summed E-state index contributed by atoms with van der Waals surface area (Å²) >= 11 is 1.54. The fourth-order valence-electron chi connectivity index (χ4n) is 2.66. The van der Waals surface area contributed by atoms with Gasteiger partial charge in [0.2, 0.25) is 0 Å². The smallest absolute Gasteiger partial charge is 0.330 e. The number of methoxy groups -OCH3 is 1. The molecule has 3 aromatic rings. The van der Waals surface area contributed by atoms with E-state index >= 15 is 0 Å². The van der Waals surface area contributed by atoms with Gasteiger partial charge in [-0.15, -0.1) is 0 Å². The summed E-state index contributed by atoms with van der Waals surface area (Å²) in [7, 11) is 1.66. The van der Waals surface area contributed by atoms with E-state index in [1.54, 1.807) is 32.1 Å². The van der Waals surface area contributed by atoms with Crippen molar-refractivity contribution in [2.45, 2.75) is 11.8 Å². The fourth-order valence-corrected chi connectivity index (χ4v) is 3.34. The molecule has 27 heavy (non-hydrogen) atoms. The predicted octanol–water partition coefficient (Wildman–Crippen LogP) is 5.54. The van der Waals surface area contributed by atoms with Crippen LogP contribution < -0.4 is 9.46 Å². The van der Waals surface area contributed by atoms with Crippen molar-refractivity contribution >= 4 is 40.5 Å². The van der Waals surface area contributed by atoms with E-state index in [2.05, 4.69) is 10.8 Å². The third-order valence-electron chi connectivity index (χ3n) is 3.98. The van der Waals surface area contributed by atoms with Crippen molar-refractivity contribution in [2.24, 2.45) is 0 Å². The zero-order valence-corrected chi connectivity index (χ0v) is 16.1. The summed E-state index contributed by atoms with van der Waals surface area (Å²) in [5.74, 6) is 0.501. The van der Waals surface area contributed by atoms with Crippen molar-refractivity contribution in [1.82, 2.24) is 0 Å². The van der Waals surface area contributed by atoms with E-state index in [0.29, 0.717) is 6.61 Å². The molecule has 4 nitrogen and oxygen atoms in total. The molecule has 0 saturated heterocycles. The normalized spacial score (nSPS) is 10.9. The number of carbonyl (C=O) groups is 1.